The Labute approximate surface area is 155 Å². The zero-order chi connectivity index (χ0) is 18.0. The highest BCUT2D eigenvalue weighted by Gasteiger charge is 2.39. The Morgan fingerprint density at radius 1 is 1.20 bits per heavy atom. The average molecular weight is 383 g/mol. The van der Waals surface area contributed by atoms with Crippen LogP contribution in [-0.4, -0.2) is 63.5 Å². The summed E-state index contributed by atoms with van der Waals surface area (Å²) in [5.41, 5.74) is 0.492. The summed E-state index contributed by atoms with van der Waals surface area (Å²) in [6.07, 6.45) is 1.26. The van der Waals surface area contributed by atoms with Crippen molar-refractivity contribution in [1.29, 1.82) is 0 Å². The smallest absolute Gasteiger partial charge is 0.308 e. The maximum Gasteiger partial charge on any atom is 0.308 e. The molecule has 8 heteroatoms. The summed E-state index contributed by atoms with van der Waals surface area (Å²) >= 11 is 7.39. The summed E-state index contributed by atoms with van der Waals surface area (Å²) in [4.78, 5) is 40.0. The summed E-state index contributed by atoms with van der Waals surface area (Å²) in [7, 11) is 0. The van der Waals surface area contributed by atoms with Crippen molar-refractivity contribution in [2.75, 3.05) is 24.7 Å². The highest BCUT2D eigenvalue weighted by Crippen LogP contribution is 2.27. The maximum absolute atomic E-state index is 12.9. The van der Waals surface area contributed by atoms with Gasteiger partial charge in [0.1, 0.15) is 6.04 Å². The maximum atomic E-state index is 12.9. The van der Waals surface area contributed by atoms with Crippen LogP contribution < -0.4 is 0 Å². The molecule has 1 unspecified atom stereocenters. The number of piperidine rings is 1. The molecule has 0 aromatic heterocycles. The van der Waals surface area contributed by atoms with E-state index < -0.39 is 17.9 Å². The van der Waals surface area contributed by atoms with E-state index in [1.54, 1.807) is 34.1 Å². The van der Waals surface area contributed by atoms with Crippen molar-refractivity contribution < 1.29 is 19.5 Å². The molecule has 0 saturated carbocycles. The van der Waals surface area contributed by atoms with Gasteiger partial charge in [-0.3, -0.25) is 14.4 Å². The first-order chi connectivity index (χ1) is 12.0. The fourth-order valence-corrected chi connectivity index (χ4v) is 4.47. The standard InChI is InChI=1S/C17H19ClN2O4S/c18-13-5-3-11(4-6-13)15(21)20-10-25-9-14(20)16(22)19-7-1-2-12(8-19)17(23)24/h3-6,12,14H,1-2,7-10H2,(H,23,24)/t12-,14?/m0/s1. The lowest BCUT2D eigenvalue weighted by molar-refractivity contribution is -0.146. The first kappa shape index (κ1) is 18.1. The summed E-state index contributed by atoms with van der Waals surface area (Å²) in [5.74, 6) is -0.759. The second-order valence-electron chi connectivity index (χ2n) is 6.26. The molecule has 3 rings (SSSR count). The number of carbonyl (C=O) groups is 3. The fraction of sp³-hybridized carbons (Fsp3) is 0.471. The third-order valence-corrected chi connectivity index (χ3v) is 5.87. The van der Waals surface area contributed by atoms with Gasteiger partial charge in [-0.2, -0.15) is 0 Å². The van der Waals surface area contributed by atoms with Crippen LogP contribution in [0.5, 0.6) is 0 Å². The number of benzene rings is 1. The van der Waals surface area contributed by atoms with Gasteiger partial charge in [0.05, 0.1) is 11.8 Å². The molecule has 2 heterocycles. The topological polar surface area (TPSA) is 77.9 Å². The van der Waals surface area contributed by atoms with Gasteiger partial charge in [-0.25, -0.2) is 0 Å². The van der Waals surface area contributed by atoms with Crippen molar-refractivity contribution in [1.82, 2.24) is 9.80 Å². The van der Waals surface area contributed by atoms with E-state index in [0.717, 1.165) is 0 Å². The number of nitrogens with zero attached hydrogens (tertiary/aromatic N) is 2. The lowest BCUT2D eigenvalue weighted by Crippen LogP contribution is -2.52. The third-order valence-electron chi connectivity index (χ3n) is 4.60. The zero-order valence-electron chi connectivity index (χ0n) is 13.6. The van der Waals surface area contributed by atoms with Crippen molar-refractivity contribution in [3.8, 4) is 0 Å². The van der Waals surface area contributed by atoms with Gasteiger partial charge in [0.2, 0.25) is 5.91 Å². The van der Waals surface area contributed by atoms with Gasteiger partial charge < -0.3 is 14.9 Å². The van der Waals surface area contributed by atoms with Gasteiger partial charge in [-0.15, -0.1) is 11.8 Å². The van der Waals surface area contributed by atoms with E-state index in [1.165, 1.54) is 11.8 Å². The van der Waals surface area contributed by atoms with Crippen molar-refractivity contribution in [2.24, 2.45) is 5.92 Å². The van der Waals surface area contributed by atoms with E-state index in [4.69, 9.17) is 11.6 Å². The molecular formula is C17H19ClN2O4S. The number of amides is 2. The number of likely N-dealkylation sites (tertiary alicyclic amines) is 1. The monoisotopic (exact) mass is 382 g/mol. The molecule has 0 bridgehead atoms. The van der Waals surface area contributed by atoms with Gasteiger partial charge in [0, 0.05) is 29.4 Å². The number of carbonyl (C=O) groups excluding carboxylic acids is 2. The van der Waals surface area contributed by atoms with Crippen molar-refractivity contribution in [3.63, 3.8) is 0 Å². The Hall–Kier alpha value is -1.73. The third kappa shape index (κ3) is 3.93. The van der Waals surface area contributed by atoms with E-state index in [0.29, 0.717) is 41.6 Å². The molecule has 1 aromatic rings. The van der Waals surface area contributed by atoms with E-state index in [1.807, 2.05) is 0 Å². The number of thioether (sulfide) groups is 1. The lowest BCUT2D eigenvalue weighted by Gasteiger charge is -2.34. The Morgan fingerprint density at radius 2 is 1.92 bits per heavy atom. The van der Waals surface area contributed by atoms with E-state index >= 15 is 0 Å². The highest BCUT2D eigenvalue weighted by molar-refractivity contribution is 7.99. The fourth-order valence-electron chi connectivity index (χ4n) is 3.20. The van der Waals surface area contributed by atoms with Gasteiger partial charge in [0.25, 0.3) is 5.91 Å². The molecule has 134 valence electrons. The van der Waals surface area contributed by atoms with Gasteiger partial charge in [-0.05, 0) is 37.1 Å². The van der Waals surface area contributed by atoms with Crippen LogP contribution in [0, 0.1) is 5.92 Å². The van der Waals surface area contributed by atoms with Crippen molar-refractivity contribution in [2.45, 2.75) is 18.9 Å². The molecule has 2 saturated heterocycles. The molecule has 6 nitrogen and oxygen atoms in total. The van der Waals surface area contributed by atoms with Gasteiger partial charge in [0.15, 0.2) is 0 Å². The van der Waals surface area contributed by atoms with E-state index in [-0.39, 0.29) is 18.4 Å². The second-order valence-corrected chi connectivity index (χ2v) is 7.70. The van der Waals surface area contributed by atoms with Crippen LogP contribution in [0.15, 0.2) is 24.3 Å². The van der Waals surface area contributed by atoms with Gasteiger partial charge >= 0.3 is 5.97 Å². The number of halogens is 1. The van der Waals surface area contributed by atoms with Crippen molar-refractivity contribution >= 4 is 41.1 Å². The summed E-state index contributed by atoms with van der Waals surface area (Å²) < 4.78 is 0. The first-order valence-corrected chi connectivity index (χ1v) is 9.66. The van der Waals surface area contributed by atoms with E-state index in [9.17, 15) is 19.5 Å². The number of hydrogen-bond donors (Lipinski definition) is 1. The molecule has 2 aliphatic rings. The van der Waals surface area contributed by atoms with Crippen LogP contribution in [0.2, 0.25) is 5.02 Å². The van der Waals surface area contributed by atoms with Crippen LogP contribution in [-0.2, 0) is 9.59 Å². The average Bonchev–Trinajstić information content (AvgIpc) is 3.11. The summed E-state index contributed by atoms with van der Waals surface area (Å²) in [6.45, 7) is 0.769. The normalized spacial score (nSPS) is 23.6. The highest BCUT2D eigenvalue weighted by atomic mass is 35.5. The largest absolute Gasteiger partial charge is 0.481 e. The Morgan fingerprint density at radius 3 is 2.60 bits per heavy atom. The minimum absolute atomic E-state index is 0.154. The Balaban J connectivity index is 1.72. The molecule has 2 atom stereocenters. The number of aliphatic carboxylic acids is 1. The zero-order valence-corrected chi connectivity index (χ0v) is 15.1. The van der Waals surface area contributed by atoms with Crippen LogP contribution in [0.1, 0.15) is 23.2 Å². The molecule has 2 amide bonds. The molecule has 2 fully saturated rings. The Bertz CT molecular complexity index is 682. The predicted octanol–water partition coefficient (Wildman–Crippen LogP) is 2.18. The second kappa shape index (κ2) is 7.66. The molecule has 2 aliphatic heterocycles. The minimum Gasteiger partial charge on any atom is -0.481 e. The quantitative estimate of drug-likeness (QED) is 0.866. The predicted molar refractivity (Wildman–Crippen MR) is 95.7 cm³/mol. The Kier molecular flexibility index (Phi) is 5.54. The summed E-state index contributed by atoms with van der Waals surface area (Å²) in [5, 5.41) is 9.75. The van der Waals surface area contributed by atoms with Crippen LogP contribution >= 0.6 is 23.4 Å². The number of carboxylic acids is 1. The van der Waals surface area contributed by atoms with Crippen LogP contribution in [0.25, 0.3) is 0 Å². The van der Waals surface area contributed by atoms with E-state index in [2.05, 4.69) is 0 Å². The SMILES string of the molecule is O=C(O)[C@H]1CCCN(C(=O)C2CSCN2C(=O)c2ccc(Cl)cc2)C1. The molecule has 0 aliphatic carbocycles. The minimum atomic E-state index is -0.868. The summed E-state index contributed by atoms with van der Waals surface area (Å²) in [6, 6.07) is 6.06. The van der Waals surface area contributed by atoms with Crippen LogP contribution in [0.4, 0.5) is 0 Å². The first-order valence-electron chi connectivity index (χ1n) is 8.13. The number of carboxylic acid groups (broad SMARTS) is 1. The molecule has 1 N–H and O–H groups in total. The van der Waals surface area contributed by atoms with Gasteiger partial charge in [-0.1, -0.05) is 11.6 Å². The molecule has 25 heavy (non-hydrogen) atoms. The molecule has 1 aromatic carbocycles. The van der Waals surface area contributed by atoms with Crippen LogP contribution in [0.3, 0.4) is 0 Å². The lowest BCUT2D eigenvalue weighted by atomic mass is 9.97. The molecule has 0 spiro atoms. The molecule has 0 radical (unpaired) electrons. The molecular weight excluding hydrogens is 364 g/mol. The number of rotatable bonds is 3. The number of hydrogen-bond acceptors (Lipinski definition) is 4. The van der Waals surface area contributed by atoms with Crippen molar-refractivity contribution in [3.05, 3.63) is 34.9 Å².